The molecule has 0 bridgehead atoms. The zero-order chi connectivity index (χ0) is 7.15. The maximum Gasteiger partial charge on any atom is 2.00 e. The normalized spacial score (nSPS) is 5.20. The van der Waals surface area contributed by atoms with Crippen LogP contribution in [0.3, 0.4) is 0 Å². The Labute approximate surface area is 114 Å². The smallest absolute Gasteiger partial charge is 2.00 e. The molecule has 0 N–H and O–H groups in total. The Morgan fingerprint density at radius 2 is 0.800 bits per heavy atom. The molecule has 0 aliphatic carbocycles. The van der Waals surface area contributed by atoms with Crippen LogP contribution in [0.15, 0.2) is 0 Å². The van der Waals surface area contributed by atoms with E-state index in [1.165, 1.54) is 0 Å². The van der Waals surface area contributed by atoms with Crippen molar-refractivity contribution in [3.05, 3.63) is 0 Å². The van der Waals surface area contributed by atoms with Gasteiger partial charge < -0.3 is 0 Å². The molecule has 0 heterocycles. The zero-order valence-corrected chi connectivity index (χ0v) is 13.2. The van der Waals surface area contributed by atoms with E-state index in [1.807, 2.05) is 0 Å². The molecule has 10 heavy (non-hydrogen) atoms. The molecule has 0 unspecified atom stereocenters. The molecule has 0 saturated heterocycles. The van der Waals surface area contributed by atoms with Gasteiger partial charge >= 0.3 is 116 Å². The molecular weight excluding hydrogens is 297 g/mol. The van der Waals surface area contributed by atoms with E-state index in [1.54, 1.807) is 0 Å². The quantitative estimate of drug-likeness (QED) is 0.411. The summed E-state index contributed by atoms with van der Waals surface area (Å²) in [5.74, 6) is 0. The summed E-state index contributed by atoms with van der Waals surface area (Å²) in [5, 5.41) is 0. The van der Waals surface area contributed by atoms with Crippen molar-refractivity contribution < 1.29 is 78.1 Å². The Bertz CT molecular complexity index is 73.7. The average molecular weight is 297 g/mol. The van der Waals surface area contributed by atoms with Crippen molar-refractivity contribution in [1.29, 1.82) is 0 Å². The maximum atomic E-state index is 8.58. The molecule has 0 atom stereocenters. The Balaban J connectivity index is -0.0000000300. The van der Waals surface area contributed by atoms with Gasteiger partial charge in [-0.15, -0.1) is 0 Å². The molecule has 0 aromatic rings. The van der Waals surface area contributed by atoms with Crippen molar-refractivity contribution >= 4 is 37.7 Å². The second-order valence-electron chi connectivity index (χ2n) is 0.500. The van der Waals surface area contributed by atoms with Gasteiger partial charge in [-0.25, -0.2) is 0 Å². The van der Waals surface area contributed by atoms with Crippen LogP contribution in [-0.4, -0.2) is 37.7 Å². The second-order valence-corrected chi connectivity index (χ2v) is 2.06. The topological polar surface area (TPSA) is 126 Å². The molecular formula is CaO6Ti2Zn. The van der Waals surface area contributed by atoms with Crippen LogP contribution in [0.25, 0.3) is 0 Å². The maximum absolute atomic E-state index is 8.58. The van der Waals surface area contributed by atoms with Gasteiger partial charge in [0.1, 0.15) is 0 Å². The van der Waals surface area contributed by atoms with Gasteiger partial charge in [0.25, 0.3) is 0 Å². The van der Waals surface area contributed by atoms with Crippen LogP contribution in [0.5, 0.6) is 0 Å². The predicted molar refractivity (Wildman–Crippen MR) is 7.13 cm³/mol. The molecule has 0 fully saturated rings. The number of hydrogen-bond acceptors (Lipinski definition) is 6. The minimum atomic E-state index is -4.08. The molecule has 48 valence electrons. The van der Waals surface area contributed by atoms with Crippen molar-refractivity contribution in [2.45, 2.75) is 0 Å². The summed E-state index contributed by atoms with van der Waals surface area (Å²) in [6, 6.07) is 0. The summed E-state index contributed by atoms with van der Waals surface area (Å²) in [7, 11) is 0. The van der Waals surface area contributed by atoms with Crippen LogP contribution in [0.2, 0.25) is 0 Å². The van der Waals surface area contributed by atoms with E-state index < -0.39 is 37.2 Å². The molecule has 0 rings (SSSR count). The summed E-state index contributed by atoms with van der Waals surface area (Å²) in [6.07, 6.45) is 0. The van der Waals surface area contributed by atoms with Crippen LogP contribution in [0, 0.1) is 0 Å². The van der Waals surface area contributed by atoms with Gasteiger partial charge in [-0.05, 0) is 0 Å². The van der Waals surface area contributed by atoms with E-state index in [0.717, 1.165) is 0 Å². The van der Waals surface area contributed by atoms with E-state index in [0.29, 0.717) is 0 Å². The van der Waals surface area contributed by atoms with Crippen LogP contribution in [0.1, 0.15) is 0 Å². The van der Waals surface area contributed by atoms with Crippen LogP contribution < -0.4 is 14.8 Å². The molecule has 10 heteroatoms. The molecule has 0 aliphatic rings. The minimum absolute atomic E-state index is 0. The van der Waals surface area contributed by atoms with Gasteiger partial charge in [-0.1, -0.05) is 0 Å². The van der Waals surface area contributed by atoms with E-state index in [9.17, 15) is 0 Å². The number of rotatable bonds is 0. The van der Waals surface area contributed by atoms with Crippen molar-refractivity contribution in [3.63, 3.8) is 0 Å². The number of hydrogen-bond donors (Lipinski definition) is 0. The van der Waals surface area contributed by atoms with E-state index in [4.69, 9.17) is 21.4 Å². The third-order valence-corrected chi connectivity index (χ3v) is 0. The molecule has 6 nitrogen and oxygen atoms in total. The first-order valence-corrected chi connectivity index (χ1v) is 5.05. The SMILES string of the molecule is [Ca+2].[O]=[Ti]([O-])[O-].[O]=[Ti]([O-])[O-].[Zn+2]. The van der Waals surface area contributed by atoms with E-state index in [2.05, 4.69) is 0 Å². The first kappa shape index (κ1) is 23.0. The Hall–Kier alpha value is 2.75. The average Bonchev–Trinajstić information content (AvgIpc) is 1.25. The first-order valence-electron chi connectivity index (χ1n) is 1.22. The fourth-order valence-corrected chi connectivity index (χ4v) is 0. The molecule has 0 aliphatic heterocycles. The summed E-state index contributed by atoms with van der Waals surface area (Å²) in [5.41, 5.74) is 0. The summed E-state index contributed by atoms with van der Waals surface area (Å²) < 4.78 is 51.5. The van der Waals surface area contributed by atoms with Gasteiger partial charge in [0.2, 0.25) is 0 Å². The molecule has 0 aromatic heterocycles. The predicted octanol–water partition coefficient (Wildman–Crippen LogP) is -5.38. The molecule has 0 radical (unpaired) electrons. The summed E-state index contributed by atoms with van der Waals surface area (Å²) >= 11 is -8.17. The van der Waals surface area contributed by atoms with Crippen LogP contribution in [0.4, 0.5) is 0 Å². The Kier molecular flexibility index (Phi) is 40.8. The summed E-state index contributed by atoms with van der Waals surface area (Å²) in [6.45, 7) is 0. The second kappa shape index (κ2) is 17.7. The van der Waals surface area contributed by atoms with Gasteiger partial charge in [0, 0.05) is 0 Å². The van der Waals surface area contributed by atoms with Gasteiger partial charge in [-0.3, -0.25) is 0 Å². The van der Waals surface area contributed by atoms with E-state index in [-0.39, 0.29) is 57.2 Å². The standard InChI is InChI=1S/Ca.6O.2Ti.Zn/q+2;;;4*-1;;;+2. The monoisotopic (exact) mass is 296 g/mol. The van der Waals surface area contributed by atoms with Crippen LogP contribution >= 0.6 is 0 Å². The van der Waals surface area contributed by atoms with Gasteiger partial charge in [0.05, 0.1) is 0 Å². The Morgan fingerprint density at radius 3 is 0.800 bits per heavy atom. The first-order chi connectivity index (χ1) is 3.46. The van der Waals surface area contributed by atoms with Crippen molar-refractivity contribution in [2.24, 2.45) is 0 Å². The van der Waals surface area contributed by atoms with Gasteiger partial charge in [-0.2, -0.15) is 0 Å². The van der Waals surface area contributed by atoms with Crippen molar-refractivity contribution in [2.75, 3.05) is 0 Å². The van der Waals surface area contributed by atoms with Crippen molar-refractivity contribution in [3.8, 4) is 0 Å². The Morgan fingerprint density at radius 1 is 0.800 bits per heavy atom. The fourth-order valence-electron chi connectivity index (χ4n) is 0. The largest absolute Gasteiger partial charge is 2.00 e. The molecule has 0 spiro atoms. The van der Waals surface area contributed by atoms with E-state index >= 15 is 0 Å². The van der Waals surface area contributed by atoms with Gasteiger partial charge in [0.15, 0.2) is 0 Å². The fraction of sp³-hybridized carbons (Fsp3) is 0. The molecule has 0 saturated carbocycles. The third-order valence-electron chi connectivity index (χ3n) is 0. The summed E-state index contributed by atoms with van der Waals surface area (Å²) in [4.78, 5) is 0. The van der Waals surface area contributed by atoms with Crippen molar-refractivity contribution in [1.82, 2.24) is 0 Å². The molecule has 0 aromatic carbocycles. The minimum Gasteiger partial charge on any atom is 2.00 e. The van der Waals surface area contributed by atoms with Crippen LogP contribution in [-0.2, 0) is 63.4 Å². The third kappa shape index (κ3) is 135. The molecule has 0 amide bonds. The zero-order valence-electron chi connectivity index (χ0n) is 4.86.